The number of nitrogens with zero attached hydrogens (tertiary/aromatic N) is 1. The molecular weight excluding hydrogens is 400 g/mol. The van der Waals surface area contributed by atoms with Gasteiger partial charge in [-0.25, -0.2) is 4.98 Å². The van der Waals surface area contributed by atoms with E-state index in [1.54, 1.807) is 6.20 Å². The molecule has 0 radical (unpaired) electrons. The molecule has 0 saturated carbocycles. The predicted octanol–water partition coefficient (Wildman–Crippen LogP) is 6.81. The predicted molar refractivity (Wildman–Crippen MR) is 120 cm³/mol. The summed E-state index contributed by atoms with van der Waals surface area (Å²) in [5.41, 5.74) is 3.31. The van der Waals surface area contributed by atoms with E-state index in [9.17, 15) is 4.79 Å². The van der Waals surface area contributed by atoms with Gasteiger partial charge in [-0.1, -0.05) is 67.1 Å². The summed E-state index contributed by atoms with van der Waals surface area (Å²) < 4.78 is 1.04. The largest absolute Gasteiger partial charge is 0.311 e. The Labute approximate surface area is 171 Å². The molecule has 0 aliphatic rings. The van der Waals surface area contributed by atoms with Crippen LogP contribution in [-0.4, -0.2) is 10.9 Å². The summed E-state index contributed by atoms with van der Waals surface area (Å²) in [6.45, 7) is 8.11. The number of halogens is 1. The minimum absolute atomic E-state index is 0.0275. The number of hydrogen-bond acceptors (Lipinski definition) is 2. The van der Waals surface area contributed by atoms with E-state index >= 15 is 0 Å². The third-order valence-electron chi connectivity index (χ3n) is 3.76. The van der Waals surface area contributed by atoms with Gasteiger partial charge in [0.25, 0.3) is 0 Å². The lowest BCUT2D eigenvalue weighted by atomic mass is 10.1. The Balaban J connectivity index is 0.00000176. The quantitative estimate of drug-likeness (QED) is 0.491. The van der Waals surface area contributed by atoms with E-state index in [-0.39, 0.29) is 5.91 Å². The summed E-state index contributed by atoms with van der Waals surface area (Å²) in [7, 11) is 0. The molecule has 144 valence electrons. The maximum absolute atomic E-state index is 12.1. The zero-order valence-corrected chi connectivity index (χ0v) is 18.2. The SMILES string of the molecule is C/C=C(\C=C/CC)c1ccc(NC(=O)CCc2ccc(Br)cc2)nc1.CC. The highest BCUT2D eigenvalue weighted by Gasteiger charge is 2.05. The number of hydrogen-bond donors (Lipinski definition) is 1. The molecule has 0 aliphatic heterocycles. The second kappa shape index (κ2) is 13.0. The molecular formula is C23H29BrN2O. The van der Waals surface area contributed by atoms with Crippen molar-refractivity contribution in [2.45, 2.75) is 47.0 Å². The van der Waals surface area contributed by atoms with Gasteiger partial charge in [-0.15, -0.1) is 0 Å². The number of aryl methyl sites for hydroxylation is 1. The fourth-order valence-electron chi connectivity index (χ4n) is 2.36. The zero-order valence-electron chi connectivity index (χ0n) is 16.6. The monoisotopic (exact) mass is 428 g/mol. The number of aromatic nitrogens is 1. The highest BCUT2D eigenvalue weighted by molar-refractivity contribution is 9.10. The summed E-state index contributed by atoms with van der Waals surface area (Å²) in [5.74, 6) is 0.555. The lowest BCUT2D eigenvalue weighted by Gasteiger charge is -2.07. The number of rotatable bonds is 7. The number of allylic oxidation sites excluding steroid dienone is 4. The van der Waals surface area contributed by atoms with E-state index in [1.807, 2.05) is 57.2 Å². The van der Waals surface area contributed by atoms with Gasteiger partial charge in [-0.2, -0.15) is 0 Å². The molecule has 1 amide bonds. The topological polar surface area (TPSA) is 42.0 Å². The van der Waals surface area contributed by atoms with Crippen molar-refractivity contribution in [3.63, 3.8) is 0 Å². The number of carbonyl (C=O) groups excluding carboxylic acids is 1. The van der Waals surface area contributed by atoms with Crippen molar-refractivity contribution in [3.8, 4) is 0 Å². The molecule has 1 aromatic heterocycles. The smallest absolute Gasteiger partial charge is 0.225 e. The Hall–Kier alpha value is -2.20. The fraction of sp³-hybridized carbons (Fsp3) is 0.304. The average Bonchev–Trinajstić information content (AvgIpc) is 2.71. The number of nitrogens with one attached hydrogen (secondary N) is 1. The van der Waals surface area contributed by atoms with Crippen molar-refractivity contribution in [1.82, 2.24) is 4.98 Å². The van der Waals surface area contributed by atoms with Gasteiger partial charge in [0.2, 0.25) is 5.91 Å². The number of amides is 1. The molecule has 2 rings (SSSR count). The van der Waals surface area contributed by atoms with E-state index in [0.717, 1.165) is 27.6 Å². The van der Waals surface area contributed by atoms with Crippen LogP contribution < -0.4 is 5.32 Å². The third-order valence-corrected chi connectivity index (χ3v) is 4.29. The van der Waals surface area contributed by atoms with Gasteiger partial charge < -0.3 is 5.32 Å². The van der Waals surface area contributed by atoms with Crippen LogP contribution in [0.2, 0.25) is 0 Å². The molecule has 1 aromatic carbocycles. The number of pyridine rings is 1. The number of benzene rings is 1. The first-order chi connectivity index (χ1) is 13.1. The molecule has 1 heterocycles. The van der Waals surface area contributed by atoms with E-state index in [1.165, 1.54) is 0 Å². The van der Waals surface area contributed by atoms with Crippen LogP contribution >= 0.6 is 15.9 Å². The molecule has 4 heteroatoms. The van der Waals surface area contributed by atoms with E-state index < -0.39 is 0 Å². The van der Waals surface area contributed by atoms with Crippen molar-refractivity contribution < 1.29 is 4.79 Å². The van der Waals surface area contributed by atoms with Crippen LogP contribution in [0, 0.1) is 0 Å². The molecule has 0 unspecified atom stereocenters. The molecule has 3 nitrogen and oxygen atoms in total. The Bertz CT molecular complexity index is 747. The Morgan fingerprint density at radius 2 is 1.85 bits per heavy atom. The standard InChI is InChI=1S/C21H23BrN2O.C2H6/c1-3-5-6-17(4-2)18-10-13-20(23-15-18)24-21(25)14-9-16-7-11-19(22)12-8-16;1-2/h4-8,10-13,15H,3,9,14H2,1-2H3,(H,23,24,25);1-2H3/b6-5-,17-4+;. The second-order valence-corrected chi connectivity index (χ2v) is 6.58. The third kappa shape index (κ3) is 8.35. The van der Waals surface area contributed by atoms with Crippen molar-refractivity contribution in [2.24, 2.45) is 0 Å². The van der Waals surface area contributed by atoms with Crippen LogP contribution in [-0.2, 0) is 11.2 Å². The zero-order chi connectivity index (χ0) is 20.1. The van der Waals surface area contributed by atoms with Crippen molar-refractivity contribution in [3.05, 3.63) is 76.4 Å². The van der Waals surface area contributed by atoms with Crippen LogP contribution in [0.25, 0.3) is 5.57 Å². The van der Waals surface area contributed by atoms with Crippen LogP contribution in [0.15, 0.2) is 65.3 Å². The van der Waals surface area contributed by atoms with E-state index in [2.05, 4.69) is 51.4 Å². The maximum atomic E-state index is 12.1. The summed E-state index contributed by atoms with van der Waals surface area (Å²) in [6.07, 6.45) is 10.2. The Kier molecular flexibility index (Phi) is 11.0. The molecule has 0 saturated heterocycles. The minimum atomic E-state index is -0.0275. The van der Waals surface area contributed by atoms with Crippen molar-refractivity contribution in [2.75, 3.05) is 5.32 Å². The van der Waals surface area contributed by atoms with Gasteiger partial charge in [-0.05, 0) is 60.7 Å². The molecule has 0 atom stereocenters. The number of carbonyl (C=O) groups is 1. The van der Waals surface area contributed by atoms with Crippen molar-refractivity contribution >= 4 is 33.2 Å². The second-order valence-electron chi connectivity index (χ2n) is 5.66. The lowest BCUT2D eigenvalue weighted by molar-refractivity contribution is -0.116. The van der Waals surface area contributed by atoms with Gasteiger partial charge in [0.05, 0.1) is 0 Å². The summed E-state index contributed by atoms with van der Waals surface area (Å²) >= 11 is 3.41. The normalized spacial score (nSPS) is 11.1. The van der Waals surface area contributed by atoms with Gasteiger partial charge in [-0.3, -0.25) is 4.79 Å². The minimum Gasteiger partial charge on any atom is -0.311 e. The molecule has 0 bridgehead atoms. The van der Waals surface area contributed by atoms with Crippen molar-refractivity contribution in [1.29, 1.82) is 0 Å². The van der Waals surface area contributed by atoms with Gasteiger partial charge >= 0.3 is 0 Å². The molecule has 0 fully saturated rings. The molecule has 0 aliphatic carbocycles. The van der Waals surface area contributed by atoms with Gasteiger partial charge in [0, 0.05) is 17.1 Å². The highest BCUT2D eigenvalue weighted by Crippen LogP contribution is 2.17. The fourth-order valence-corrected chi connectivity index (χ4v) is 2.62. The molecule has 2 aromatic rings. The molecule has 0 spiro atoms. The van der Waals surface area contributed by atoms with Crippen LogP contribution in [0.3, 0.4) is 0 Å². The lowest BCUT2D eigenvalue weighted by Crippen LogP contribution is -2.13. The highest BCUT2D eigenvalue weighted by atomic mass is 79.9. The Morgan fingerprint density at radius 3 is 2.41 bits per heavy atom. The summed E-state index contributed by atoms with van der Waals surface area (Å²) in [5, 5.41) is 2.85. The van der Waals surface area contributed by atoms with E-state index in [4.69, 9.17) is 0 Å². The summed E-state index contributed by atoms with van der Waals surface area (Å²) in [6, 6.07) is 11.8. The number of anilines is 1. The first-order valence-corrected chi connectivity index (χ1v) is 10.2. The average molecular weight is 429 g/mol. The maximum Gasteiger partial charge on any atom is 0.225 e. The van der Waals surface area contributed by atoms with E-state index in [0.29, 0.717) is 18.7 Å². The molecule has 27 heavy (non-hydrogen) atoms. The van der Waals surface area contributed by atoms with Crippen LogP contribution in [0.1, 0.15) is 51.7 Å². The summed E-state index contributed by atoms with van der Waals surface area (Å²) in [4.78, 5) is 16.4. The Morgan fingerprint density at radius 1 is 1.15 bits per heavy atom. The first-order valence-electron chi connectivity index (χ1n) is 9.46. The van der Waals surface area contributed by atoms with Crippen LogP contribution in [0.4, 0.5) is 5.82 Å². The first kappa shape index (κ1) is 22.8. The van der Waals surface area contributed by atoms with Gasteiger partial charge in [0.15, 0.2) is 0 Å². The van der Waals surface area contributed by atoms with Crippen LogP contribution in [0.5, 0.6) is 0 Å². The van der Waals surface area contributed by atoms with Gasteiger partial charge in [0.1, 0.15) is 5.82 Å². The molecule has 1 N–H and O–H groups in total.